The number of carboxylic acid groups (broad SMARTS) is 1. The highest BCUT2D eigenvalue weighted by molar-refractivity contribution is 5.81. The average molecular weight is 164 g/mol. The number of carboxylic acids is 1. The van der Waals surface area contributed by atoms with Crippen molar-refractivity contribution in [3.63, 3.8) is 0 Å². The Morgan fingerprint density at radius 2 is 2.42 bits per heavy atom. The van der Waals surface area contributed by atoms with E-state index in [1.54, 1.807) is 0 Å². The van der Waals surface area contributed by atoms with Gasteiger partial charge in [0.1, 0.15) is 0 Å². The van der Waals surface area contributed by atoms with E-state index in [0.717, 1.165) is 12.0 Å². The molecule has 64 valence electrons. The zero-order valence-electron chi connectivity index (χ0n) is 7.03. The molecular formula is C10H12O2. The van der Waals surface area contributed by atoms with Gasteiger partial charge in [-0.05, 0) is 18.3 Å². The first-order valence-corrected chi connectivity index (χ1v) is 4.30. The van der Waals surface area contributed by atoms with Gasteiger partial charge in [-0.25, -0.2) is 4.79 Å². The van der Waals surface area contributed by atoms with Crippen molar-refractivity contribution >= 4 is 5.97 Å². The normalized spacial score (nSPS) is 41.1. The summed E-state index contributed by atoms with van der Waals surface area (Å²) in [7, 11) is 0. The van der Waals surface area contributed by atoms with Crippen molar-refractivity contribution in [2.45, 2.75) is 13.3 Å². The third-order valence-electron chi connectivity index (χ3n) is 2.97. The standard InChI is InChI=1S/C10H12O2/c1-6-2-3-8-7(4-9(6)8)5-10(11)12/h2-3,5-6,8-9H,4H2,1H3,(H,11,12). The predicted molar refractivity (Wildman–Crippen MR) is 45.6 cm³/mol. The highest BCUT2D eigenvalue weighted by atomic mass is 16.4. The van der Waals surface area contributed by atoms with Crippen molar-refractivity contribution in [1.29, 1.82) is 0 Å². The molecule has 0 aromatic rings. The van der Waals surface area contributed by atoms with Crippen LogP contribution in [0, 0.1) is 17.8 Å². The van der Waals surface area contributed by atoms with E-state index in [1.165, 1.54) is 6.08 Å². The van der Waals surface area contributed by atoms with Crippen molar-refractivity contribution in [3.8, 4) is 0 Å². The molecule has 0 saturated heterocycles. The van der Waals surface area contributed by atoms with Crippen LogP contribution in [0.4, 0.5) is 0 Å². The largest absolute Gasteiger partial charge is 0.478 e. The van der Waals surface area contributed by atoms with Crippen molar-refractivity contribution in [3.05, 3.63) is 23.8 Å². The Labute approximate surface area is 71.6 Å². The molecular weight excluding hydrogens is 152 g/mol. The van der Waals surface area contributed by atoms with Gasteiger partial charge in [0.15, 0.2) is 0 Å². The minimum absolute atomic E-state index is 0.441. The van der Waals surface area contributed by atoms with Crippen LogP contribution in [0.2, 0.25) is 0 Å². The Morgan fingerprint density at radius 3 is 3.00 bits per heavy atom. The third kappa shape index (κ3) is 0.986. The minimum atomic E-state index is -0.809. The fourth-order valence-corrected chi connectivity index (χ4v) is 2.18. The molecule has 3 unspecified atom stereocenters. The highest BCUT2D eigenvalue weighted by Gasteiger charge is 2.40. The van der Waals surface area contributed by atoms with E-state index in [2.05, 4.69) is 19.1 Å². The zero-order chi connectivity index (χ0) is 8.72. The minimum Gasteiger partial charge on any atom is -0.478 e. The smallest absolute Gasteiger partial charge is 0.328 e. The Morgan fingerprint density at radius 1 is 1.67 bits per heavy atom. The summed E-state index contributed by atoms with van der Waals surface area (Å²) in [6, 6.07) is 0. The van der Waals surface area contributed by atoms with E-state index < -0.39 is 5.97 Å². The van der Waals surface area contributed by atoms with Crippen LogP contribution in [0.25, 0.3) is 0 Å². The monoisotopic (exact) mass is 164 g/mol. The van der Waals surface area contributed by atoms with Gasteiger partial charge in [0.05, 0.1) is 0 Å². The van der Waals surface area contributed by atoms with Crippen molar-refractivity contribution in [1.82, 2.24) is 0 Å². The fourth-order valence-electron chi connectivity index (χ4n) is 2.18. The lowest BCUT2D eigenvalue weighted by atomic mass is 9.68. The van der Waals surface area contributed by atoms with Crippen molar-refractivity contribution < 1.29 is 9.90 Å². The van der Waals surface area contributed by atoms with Crippen LogP contribution < -0.4 is 0 Å². The van der Waals surface area contributed by atoms with Gasteiger partial charge >= 0.3 is 5.97 Å². The van der Waals surface area contributed by atoms with Gasteiger partial charge in [0.2, 0.25) is 0 Å². The van der Waals surface area contributed by atoms with Gasteiger partial charge in [0.25, 0.3) is 0 Å². The summed E-state index contributed by atoms with van der Waals surface area (Å²) in [6.45, 7) is 2.19. The first-order valence-electron chi connectivity index (χ1n) is 4.30. The SMILES string of the molecule is CC1C=CC2C(=CC(=O)O)CC12. The first kappa shape index (κ1) is 7.59. The van der Waals surface area contributed by atoms with E-state index in [1.807, 2.05) is 0 Å². The molecule has 1 N–H and O–H groups in total. The summed E-state index contributed by atoms with van der Waals surface area (Å²) in [4.78, 5) is 10.4. The third-order valence-corrected chi connectivity index (χ3v) is 2.97. The molecule has 0 aromatic carbocycles. The predicted octanol–water partition coefficient (Wildman–Crippen LogP) is 1.84. The molecule has 2 aliphatic rings. The maximum atomic E-state index is 10.4. The van der Waals surface area contributed by atoms with Crippen LogP contribution in [0.1, 0.15) is 13.3 Å². The molecule has 3 atom stereocenters. The first-order chi connectivity index (χ1) is 5.68. The van der Waals surface area contributed by atoms with Crippen LogP contribution in [0.15, 0.2) is 23.8 Å². The van der Waals surface area contributed by atoms with Gasteiger partial charge in [-0.3, -0.25) is 0 Å². The lowest BCUT2D eigenvalue weighted by Gasteiger charge is -2.36. The molecule has 0 bridgehead atoms. The Kier molecular flexibility index (Phi) is 1.56. The maximum Gasteiger partial charge on any atom is 0.328 e. The Balaban J connectivity index is 2.10. The molecule has 2 heteroatoms. The molecule has 0 spiro atoms. The summed E-state index contributed by atoms with van der Waals surface area (Å²) < 4.78 is 0. The molecule has 2 rings (SSSR count). The number of hydrogen-bond acceptors (Lipinski definition) is 1. The van der Waals surface area contributed by atoms with Crippen LogP contribution in [0.5, 0.6) is 0 Å². The van der Waals surface area contributed by atoms with E-state index in [0.29, 0.717) is 17.8 Å². The van der Waals surface area contributed by atoms with Crippen LogP contribution in [0.3, 0.4) is 0 Å². The van der Waals surface area contributed by atoms with Gasteiger partial charge < -0.3 is 5.11 Å². The Bertz CT molecular complexity index is 276. The number of carbonyl (C=O) groups is 1. The molecule has 0 aromatic heterocycles. The van der Waals surface area contributed by atoms with E-state index >= 15 is 0 Å². The maximum absolute atomic E-state index is 10.4. The fraction of sp³-hybridized carbons (Fsp3) is 0.500. The van der Waals surface area contributed by atoms with Gasteiger partial charge in [-0.15, -0.1) is 0 Å². The molecule has 0 heterocycles. The number of rotatable bonds is 1. The topological polar surface area (TPSA) is 37.3 Å². The van der Waals surface area contributed by atoms with Crippen LogP contribution >= 0.6 is 0 Å². The van der Waals surface area contributed by atoms with Gasteiger partial charge in [0, 0.05) is 12.0 Å². The Hall–Kier alpha value is -1.05. The molecule has 1 fully saturated rings. The average Bonchev–Trinajstić information content (AvgIpc) is 2.22. The van der Waals surface area contributed by atoms with Crippen LogP contribution in [-0.2, 0) is 4.79 Å². The van der Waals surface area contributed by atoms with Crippen molar-refractivity contribution in [2.24, 2.45) is 17.8 Å². The molecule has 2 nitrogen and oxygen atoms in total. The molecule has 1 saturated carbocycles. The van der Waals surface area contributed by atoms with Crippen LogP contribution in [-0.4, -0.2) is 11.1 Å². The lowest BCUT2D eigenvalue weighted by Crippen LogP contribution is -2.28. The highest BCUT2D eigenvalue weighted by Crippen LogP contribution is 2.49. The number of hydrogen-bond donors (Lipinski definition) is 1. The zero-order valence-corrected chi connectivity index (χ0v) is 7.03. The number of aliphatic carboxylic acids is 1. The van der Waals surface area contributed by atoms with Crippen molar-refractivity contribution in [2.75, 3.05) is 0 Å². The lowest BCUT2D eigenvalue weighted by molar-refractivity contribution is -0.131. The number of allylic oxidation sites excluding steroid dienone is 3. The molecule has 12 heavy (non-hydrogen) atoms. The second kappa shape index (κ2) is 2.47. The molecule has 0 amide bonds. The molecule has 0 aliphatic heterocycles. The van der Waals surface area contributed by atoms with Gasteiger partial charge in [-0.1, -0.05) is 24.6 Å². The number of fused-ring (bicyclic) bond motifs is 1. The molecule has 2 aliphatic carbocycles. The van der Waals surface area contributed by atoms with E-state index in [-0.39, 0.29) is 0 Å². The van der Waals surface area contributed by atoms with E-state index in [9.17, 15) is 4.79 Å². The summed E-state index contributed by atoms with van der Waals surface area (Å²) in [5.41, 5.74) is 1.09. The summed E-state index contributed by atoms with van der Waals surface area (Å²) >= 11 is 0. The summed E-state index contributed by atoms with van der Waals surface area (Å²) in [5, 5.41) is 8.53. The molecule has 0 radical (unpaired) electrons. The summed E-state index contributed by atoms with van der Waals surface area (Å²) in [5.74, 6) is 0.962. The summed E-state index contributed by atoms with van der Waals surface area (Å²) in [6.07, 6.45) is 6.68. The van der Waals surface area contributed by atoms with E-state index in [4.69, 9.17) is 5.11 Å². The quantitative estimate of drug-likeness (QED) is 0.474. The van der Waals surface area contributed by atoms with Gasteiger partial charge in [-0.2, -0.15) is 0 Å². The second-order valence-electron chi connectivity index (χ2n) is 3.70. The second-order valence-corrected chi connectivity index (χ2v) is 3.70.